The fourth-order valence-electron chi connectivity index (χ4n) is 3.56. The zero-order chi connectivity index (χ0) is 14.7. The molecule has 2 heterocycles. The molecule has 2 aliphatic heterocycles. The zero-order valence-corrected chi connectivity index (χ0v) is 13.3. The minimum atomic E-state index is -0.0379. The number of likely N-dealkylation sites (tertiary alicyclic amines) is 1. The van der Waals surface area contributed by atoms with Gasteiger partial charge in [-0.2, -0.15) is 0 Å². The summed E-state index contributed by atoms with van der Waals surface area (Å²) in [7, 11) is 1.89. The molecule has 2 fully saturated rings. The molecule has 0 aromatic heterocycles. The Labute approximate surface area is 122 Å². The SMILES string of the molecule is CC1CCC(C)N1C(C)C(=O)N(C)CC1CNCCO1. The largest absolute Gasteiger partial charge is 0.374 e. The van der Waals surface area contributed by atoms with Gasteiger partial charge in [-0.15, -0.1) is 0 Å². The minimum absolute atomic E-state index is 0.0379. The Morgan fingerprint density at radius 1 is 1.40 bits per heavy atom. The van der Waals surface area contributed by atoms with Gasteiger partial charge in [0.2, 0.25) is 5.91 Å². The van der Waals surface area contributed by atoms with E-state index in [1.807, 2.05) is 18.9 Å². The fraction of sp³-hybridized carbons (Fsp3) is 0.933. The number of carbonyl (C=O) groups excluding carboxylic acids is 1. The van der Waals surface area contributed by atoms with Crippen LogP contribution >= 0.6 is 0 Å². The summed E-state index contributed by atoms with van der Waals surface area (Å²) in [6.07, 6.45) is 2.51. The normalized spacial score (nSPS) is 33.1. The van der Waals surface area contributed by atoms with Gasteiger partial charge in [0, 0.05) is 38.8 Å². The Morgan fingerprint density at radius 2 is 2.05 bits per heavy atom. The molecular formula is C15H29N3O2. The Balaban J connectivity index is 1.88. The molecule has 2 rings (SSSR count). The van der Waals surface area contributed by atoms with Crippen molar-refractivity contribution in [3.63, 3.8) is 0 Å². The molecule has 5 heteroatoms. The quantitative estimate of drug-likeness (QED) is 0.825. The molecule has 5 nitrogen and oxygen atoms in total. The highest BCUT2D eigenvalue weighted by Gasteiger charge is 2.35. The summed E-state index contributed by atoms with van der Waals surface area (Å²) in [6.45, 7) is 9.64. The van der Waals surface area contributed by atoms with Crippen molar-refractivity contribution < 1.29 is 9.53 Å². The number of hydrogen-bond donors (Lipinski definition) is 1. The smallest absolute Gasteiger partial charge is 0.239 e. The Morgan fingerprint density at radius 3 is 2.60 bits per heavy atom. The molecule has 0 aromatic carbocycles. The summed E-state index contributed by atoms with van der Waals surface area (Å²) in [4.78, 5) is 16.8. The molecule has 0 aromatic rings. The fourth-order valence-corrected chi connectivity index (χ4v) is 3.56. The maximum absolute atomic E-state index is 12.6. The Bertz CT molecular complexity index is 321. The number of hydrogen-bond acceptors (Lipinski definition) is 4. The van der Waals surface area contributed by atoms with Gasteiger partial charge in [-0.3, -0.25) is 9.69 Å². The highest BCUT2D eigenvalue weighted by atomic mass is 16.5. The summed E-state index contributed by atoms with van der Waals surface area (Å²) in [5.74, 6) is 0.208. The molecule has 0 aliphatic carbocycles. The van der Waals surface area contributed by atoms with Crippen molar-refractivity contribution in [1.82, 2.24) is 15.1 Å². The summed E-state index contributed by atoms with van der Waals surface area (Å²) >= 11 is 0. The van der Waals surface area contributed by atoms with E-state index in [0.717, 1.165) is 19.7 Å². The lowest BCUT2D eigenvalue weighted by Crippen LogP contribution is -2.52. The van der Waals surface area contributed by atoms with E-state index in [0.29, 0.717) is 18.6 Å². The zero-order valence-electron chi connectivity index (χ0n) is 13.3. The van der Waals surface area contributed by atoms with Gasteiger partial charge >= 0.3 is 0 Å². The highest BCUT2D eigenvalue weighted by molar-refractivity contribution is 5.81. The Kier molecular flexibility index (Phi) is 5.41. The second kappa shape index (κ2) is 6.87. The van der Waals surface area contributed by atoms with Gasteiger partial charge in [-0.05, 0) is 33.6 Å². The lowest BCUT2D eigenvalue weighted by atomic mass is 10.2. The lowest BCUT2D eigenvalue weighted by molar-refractivity contribution is -0.138. The third-order valence-corrected chi connectivity index (χ3v) is 4.68. The third-order valence-electron chi connectivity index (χ3n) is 4.68. The van der Waals surface area contributed by atoms with Crippen LogP contribution in [0.4, 0.5) is 0 Å². The van der Waals surface area contributed by atoms with Gasteiger partial charge in [0.15, 0.2) is 0 Å². The van der Waals surface area contributed by atoms with E-state index in [1.165, 1.54) is 12.8 Å². The topological polar surface area (TPSA) is 44.8 Å². The van der Waals surface area contributed by atoms with Gasteiger partial charge in [-0.25, -0.2) is 0 Å². The molecule has 0 bridgehead atoms. The number of nitrogens with zero attached hydrogens (tertiary/aromatic N) is 2. The van der Waals surface area contributed by atoms with Crippen molar-refractivity contribution in [2.75, 3.05) is 33.3 Å². The van der Waals surface area contributed by atoms with Gasteiger partial charge < -0.3 is 15.0 Å². The molecule has 1 N–H and O–H groups in total. The second-order valence-electron chi connectivity index (χ2n) is 6.31. The van der Waals surface area contributed by atoms with Crippen molar-refractivity contribution in [2.45, 2.75) is 57.8 Å². The summed E-state index contributed by atoms with van der Waals surface area (Å²) < 4.78 is 5.68. The van der Waals surface area contributed by atoms with E-state index >= 15 is 0 Å². The monoisotopic (exact) mass is 283 g/mol. The maximum Gasteiger partial charge on any atom is 0.239 e. The van der Waals surface area contributed by atoms with Crippen molar-refractivity contribution in [2.24, 2.45) is 0 Å². The van der Waals surface area contributed by atoms with Crippen LogP contribution < -0.4 is 5.32 Å². The number of ether oxygens (including phenoxy) is 1. The average molecular weight is 283 g/mol. The van der Waals surface area contributed by atoms with Crippen LogP contribution in [-0.4, -0.2) is 73.2 Å². The molecule has 0 spiro atoms. The van der Waals surface area contributed by atoms with Crippen molar-refractivity contribution in [3.05, 3.63) is 0 Å². The first-order valence-corrected chi connectivity index (χ1v) is 7.85. The molecule has 0 radical (unpaired) electrons. The van der Waals surface area contributed by atoms with Crippen molar-refractivity contribution in [1.29, 1.82) is 0 Å². The molecule has 2 saturated heterocycles. The van der Waals surface area contributed by atoms with E-state index in [9.17, 15) is 4.79 Å². The number of morpholine rings is 1. The molecule has 116 valence electrons. The first kappa shape index (κ1) is 15.7. The van der Waals surface area contributed by atoms with Crippen LogP contribution in [0.5, 0.6) is 0 Å². The number of likely N-dealkylation sites (N-methyl/N-ethyl adjacent to an activating group) is 1. The van der Waals surface area contributed by atoms with Crippen LogP contribution in [0.25, 0.3) is 0 Å². The summed E-state index contributed by atoms with van der Waals surface area (Å²) in [6, 6.07) is 0.971. The summed E-state index contributed by atoms with van der Waals surface area (Å²) in [5.41, 5.74) is 0. The molecule has 4 unspecified atom stereocenters. The van der Waals surface area contributed by atoms with Crippen LogP contribution in [0.2, 0.25) is 0 Å². The molecule has 4 atom stereocenters. The standard InChI is InChI=1S/C15H29N3O2/c1-11-5-6-12(2)18(11)13(3)15(19)17(4)10-14-9-16-7-8-20-14/h11-14,16H,5-10H2,1-4H3. The number of carbonyl (C=O) groups is 1. The van der Waals surface area contributed by atoms with Gasteiger partial charge in [0.05, 0.1) is 18.8 Å². The van der Waals surface area contributed by atoms with Crippen LogP contribution in [0.15, 0.2) is 0 Å². The second-order valence-corrected chi connectivity index (χ2v) is 6.31. The predicted octanol–water partition coefficient (Wildman–Crippen LogP) is 0.695. The van der Waals surface area contributed by atoms with Gasteiger partial charge in [0.1, 0.15) is 0 Å². The molecule has 0 saturated carbocycles. The molecular weight excluding hydrogens is 254 g/mol. The third kappa shape index (κ3) is 3.51. The Hall–Kier alpha value is -0.650. The molecule has 2 aliphatic rings. The summed E-state index contributed by atoms with van der Waals surface area (Å²) in [5, 5.41) is 3.30. The van der Waals surface area contributed by atoms with Gasteiger partial charge in [0.25, 0.3) is 0 Å². The van der Waals surface area contributed by atoms with Crippen molar-refractivity contribution >= 4 is 5.91 Å². The molecule has 1 amide bonds. The minimum Gasteiger partial charge on any atom is -0.374 e. The van der Waals surface area contributed by atoms with Crippen LogP contribution in [0.1, 0.15) is 33.6 Å². The highest BCUT2D eigenvalue weighted by Crippen LogP contribution is 2.26. The number of amides is 1. The predicted molar refractivity (Wildman–Crippen MR) is 79.7 cm³/mol. The van der Waals surface area contributed by atoms with Crippen molar-refractivity contribution in [3.8, 4) is 0 Å². The number of rotatable bonds is 4. The van der Waals surface area contributed by atoms with E-state index in [2.05, 4.69) is 24.1 Å². The van der Waals surface area contributed by atoms with E-state index < -0.39 is 0 Å². The molecule has 20 heavy (non-hydrogen) atoms. The first-order valence-electron chi connectivity index (χ1n) is 7.85. The van der Waals surface area contributed by atoms with E-state index in [4.69, 9.17) is 4.74 Å². The van der Waals surface area contributed by atoms with Crippen LogP contribution in [-0.2, 0) is 9.53 Å². The first-order chi connectivity index (χ1) is 9.50. The maximum atomic E-state index is 12.6. The van der Waals surface area contributed by atoms with E-state index in [1.54, 1.807) is 0 Å². The number of nitrogens with one attached hydrogen (secondary N) is 1. The van der Waals surface area contributed by atoms with Gasteiger partial charge in [-0.1, -0.05) is 0 Å². The lowest BCUT2D eigenvalue weighted by Gasteiger charge is -2.35. The van der Waals surface area contributed by atoms with E-state index in [-0.39, 0.29) is 18.1 Å². The van der Waals surface area contributed by atoms with Crippen LogP contribution in [0.3, 0.4) is 0 Å². The average Bonchev–Trinajstić information content (AvgIpc) is 2.77. The van der Waals surface area contributed by atoms with Crippen LogP contribution in [0, 0.1) is 0 Å².